The van der Waals surface area contributed by atoms with Crippen LogP contribution < -0.4 is 0 Å². The van der Waals surface area contributed by atoms with Crippen LogP contribution in [0.4, 0.5) is 4.79 Å². The number of carbonyl (C=O) groups excluding carboxylic acids is 3. The van der Waals surface area contributed by atoms with Crippen LogP contribution >= 0.6 is 23.1 Å². The van der Waals surface area contributed by atoms with E-state index in [1.807, 2.05) is 10.8 Å². The molecule has 0 spiro atoms. The summed E-state index contributed by atoms with van der Waals surface area (Å²) in [5.74, 6) is 0.102. The van der Waals surface area contributed by atoms with Gasteiger partial charge in [0.1, 0.15) is 12.1 Å². The number of ether oxygens (including phenoxy) is 3. The van der Waals surface area contributed by atoms with Crippen LogP contribution in [0.25, 0.3) is 5.69 Å². The van der Waals surface area contributed by atoms with Crippen LogP contribution in [-0.4, -0.2) is 98.6 Å². The zero-order valence-corrected chi connectivity index (χ0v) is 27.5. The van der Waals surface area contributed by atoms with Gasteiger partial charge in [-0.1, -0.05) is 29.2 Å². The molecule has 0 radical (unpaired) electrons. The van der Waals surface area contributed by atoms with Gasteiger partial charge in [0.2, 0.25) is 5.01 Å². The number of nitrogens with zero attached hydrogens (tertiary/aromatic N) is 6. The first-order valence-corrected chi connectivity index (χ1v) is 16.4. The van der Waals surface area contributed by atoms with Crippen LogP contribution in [0.2, 0.25) is 0 Å². The molecule has 2 amide bonds. The van der Waals surface area contributed by atoms with E-state index in [0.29, 0.717) is 30.9 Å². The summed E-state index contributed by atoms with van der Waals surface area (Å²) in [6.45, 7) is 10.6. The summed E-state index contributed by atoms with van der Waals surface area (Å²) in [5.41, 5.74) is 2.73. The van der Waals surface area contributed by atoms with E-state index < -0.39 is 17.7 Å². The molecule has 1 aromatic carbocycles. The lowest BCUT2D eigenvalue weighted by Gasteiger charge is -2.32. The van der Waals surface area contributed by atoms with Gasteiger partial charge in [-0.05, 0) is 70.7 Å². The van der Waals surface area contributed by atoms with Gasteiger partial charge in [0, 0.05) is 43.5 Å². The van der Waals surface area contributed by atoms with Gasteiger partial charge >= 0.3 is 12.1 Å². The largest absolute Gasteiger partial charge is 0.465 e. The molecule has 1 fully saturated rings. The predicted octanol–water partition coefficient (Wildman–Crippen LogP) is 4.75. The SMILES string of the molecule is CCOC(=O)CN(CCOC1CCN(C(=O)c2nnc(SCc3ccc(-n4ccnc4)cc3C)s2)CC1)C(=O)OC(C)(C)C. The molecule has 3 aromatic rings. The molecule has 12 nitrogen and oxygen atoms in total. The Morgan fingerprint density at radius 1 is 1.16 bits per heavy atom. The number of aryl methyl sites for hydroxylation is 1. The lowest BCUT2D eigenvalue weighted by atomic mass is 10.1. The molecule has 0 atom stereocenters. The second kappa shape index (κ2) is 15.5. The van der Waals surface area contributed by atoms with Gasteiger partial charge in [-0.2, -0.15) is 0 Å². The monoisotopic (exact) mass is 644 g/mol. The van der Waals surface area contributed by atoms with Gasteiger partial charge in [-0.15, -0.1) is 10.2 Å². The zero-order chi connectivity index (χ0) is 31.7. The van der Waals surface area contributed by atoms with Crippen LogP contribution in [0, 0.1) is 6.92 Å². The van der Waals surface area contributed by atoms with Crippen molar-refractivity contribution in [1.29, 1.82) is 0 Å². The number of amides is 2. The average molecular weight is 645 g/mol. The Labute approximate surface area is 266 Å². The van der Waals surface area contributed by atoms with E-state index in [4.69, 9.17) is 14.2 Å². The van der Waals surface area contributed by atoms with Gasteiger partial charge in [0.15, 0.2) is 4.34 Å². The fraction of sp³-hybridized carbons (Fsp3) is 0.533. The summed E-state index contributed by atoms with van der Waals surface area (Å²) < 4.78 is 19.2. The number of esters is 1. The van der Waals surface area contributed by atoms with Crippen molar-refractivity contribution in [2.24, 2.45) is 0 Å². The first-order valence-electron chi connectivity index (χ1n) is 14.6. The summed E-state index contributed by atoms with van der Waals surface area (Å²) in [7, 11) is 0. The van der Waals surface area contributed by atoms with Crippen LogP contribution in [0.3, 0.4) is 0 Å². The van der Waals surface area contributed by atoms with E-state index in [0.717, 1.165) is 15.8 Å². The molecule has 3 heterocycles. The number of piperidine rings is 1. The molecule has 0 aliphatic carbocycles. The maximum Gasteiger partial charge on any atom is 0.410 e. The first-order chi connectivity index (χ1) is 21.0. The normalized spacial score (nSPS) is 14.0. The van der Waals surface area contributed by atoms with Crippen molar-refractivity contribution >= 4 is 41.1 Å². The molecule has 0 unspecified atom stereocenters. The highest BCUT2D eigenvalue weighted by atomic mass is 32.2. The molecule has 14 heteroatoms. The molecule has 1 saturated heterocycles. The van der Waals surface area contributed by atoms with Crippen molar-refractivity contribution in [3.63, 3.8) is 0 Å². The topological polar surface area (TPSA) is 129 Å². The fourth-order valence-electron chi connectivity index (χ4n) is 4.52. The van der Waals surface area contributed by atoms with Crippen molar-refractivity contribution < 1.29 is 28.6 Å². The maximum atomic E-state index is 13.1. The quantitative estimate of drug-likeness (QED) is 0.201. The highest BCUT2D eigenvalue weighted by molar-refractivity contribution is 8.00. The van der Waals surface area contributed by atoms with Crippen molar-refractivity contribution in [3.05, 3.63) is 53.1 Å². The number of imidazole rings is 1. The maximum absolute atomic E-state index is 13.1. The fourth-order valence-corrected chi connectivity index (χ4v) is 6.42. The van der Waals surface area contributed by atoms with Crippen molar-refractivity contribution in [2.45, 2.75) is 69.3 Å². The third kappa shape index (κ3) is 9.76. The Morgan fingerprint density at radius 3 is 2.59 bits per heavy atom. The third-order valence-corrected chi connectivity index (χ3v) is 8.88. The average Bonchev–Trinajstić information content (AvgIpc) is 3.68. The van der Waals surface area contributed by atoms with Gasteiger partial charge < -0.3 is 23.7 Å². The van der Waals surface area contributed by atoms with Crippen LogP contribution in [0.15, 0.2) is 41.3 Å². The van der Waals surface area contributed by atoms with Gasteiger partial charge in [-0.3, -0.25) is 14.5 Å². The molecular weight excluding hydrogens is 605 g/mol. The standard InChI is InChI=1S/C30H40N6O6S2/c1-6-40-25(37)18-35(29(39)42-30(3,4)5)15-16-41-24-9-12-34(13-10-24)27(38)26-32-33-28(44-26)43-19-22-7-8-23(17-21(22)2)36-14-11-31-20-36/h7-8,11,14,17,20,24H,6,9-10,12-13,15-16,18-19H2,1-5H3. The summed E-state index contributed by atoms with van der Waals surface area (Å²) in [6.07, 6.45) is 6.10. The molecular formula is C30H40N6O6S2. The van der Waals surface area contributed by atoms with E-state index in [1.54, 1.807) is 56.9 Å². The summed E-state index contributed by atoms with van der Waals surface area (Å²) in [6, 6.07) is 6.29. The van der Waals surface area contributed by atoms with E-state index >= 15 is 0 Å². The molecule has 0 bridgehead atoms. The lowest BCUT2D eigenvalue weighted by Crippen LogP contribution is -2.43. The Kier molecular flexibility index (Phi) is 11.8. The van der Waals surface area contributed by atoms with E-state index in [9.17, 15) is 14.4 Å². The Morgan fingerprint density at radius 2 is 1.93 bits per heavy atom. The van der Waals surface area contributed by atoms with E-state index in [2.05, 4.69) is 40.3 Å². The second-order valence-corrected chi connectivity index (χ2v) is 13.5. The van der Waals surface area contributed by atoms with Gasteiger partial charge in [0.05, 0.1) is 25.6 Å². The molecule has 4 rings (SSSR count). The number of thioether (sulfide) groups is 1. The molecule has 1 aliphatic heterocycles. The minimum absolute atomic E-state index is 0.0638. The van der Waals surface area contributed by atoms with Crippen molar-refractivity contribution in [3.8, 4) is 5.69 Å². The zero-order valence-electron chi connectivity index (χ0n) is 25.9. The molecule has 2 aromatic heterocycles. The Bertz CT molecular complexity index is 1400. The van der Waals surface area contributed by atoms with E-state index in [1.165, 1.54) is 27.4 Å². The molecule has 44 heavy (non-hydrogen) atoms. The van der Waals surface area contributed by atoms with Crippen molar-refractivity contribution in [2.75, 3.05) is 39.4 Å². The third-order valence-electron chi connectivity index (χ3n) is 6.79. The summed E-state index contributed by atoms with van der Waals surface area (Å²) in [5, 5.41) is 8.80. The number of hydrogen-bond acceptors (Lipinski definition) is 11. The molecule has 0 saturated carbocycles. The number of likely N-dealkylation sites (tertiary alicyclic amines) is 1. The first kappa shape index (κ1) is 33.4. The van der Waals surface area contributed by atoms with Crippen molar-refractivity contribution in [1.82, 2.24) is 29.5 Å². The predicted molar refractivity (Wildman–Crippen MR) is 167 cm³/mol. The second-order valence-electron chi connectivity index (χ2n) is 11.3. The number of benzene rings is 1. The molecule has 238 valence electrons. The number of carbonyl (C=O) groups is 3. The van der Waals surface area contributed by atoms with Crippen LogP contribution in [-0.2, 0) is 24.8 Å². The molecule has 1 aliphatic rings. The van der Waals surface area contributed by atoms with Gasteiger partial charge in [-0.25, -0.2) is 9.78 Å². The minimum atomic E-state index is -0.691. The smallest absolute Gasteiger partial charge is 0.410 e. The summed E-state index contributed by atoms with van der Waals surface area (Å²) in [4.78, 5) is 44.9. The Hall–Kier alpha value is -3.49. The highest BCUT2D eigenvalue weighted by Gasteiger charge is 2.28. The number of rotatable bonds is 12. The number of aromatic nitrogens is 4. The van der Waals surface area contributed by atoms with Crippen LogP contribution in [0.1, 0.15) is 61.5 Å². The van der Waals surface area contributed by atoms with Gasteiger partial charge in [0.25, 0.3) is 5.91 Å². The van der Waals surface area contributed by atoms with E-state index in [-0.39, 0.29) is 38.3 Å². The lowest BCUT2D eigenvalue weighted by molar-refractivity contribution is -0.144. The minimum Gasteiger partial charge on any atom is -0.465 e. The Balaban J connectivity index is 1.21. The molecule has 0 N–H and O–H groups in total. The van der Waals surface area contributed by atoms with Crippen LogP contribution in [0.5, 0.6) is 0 Å². The summed E-state index contributed by atoms with van der Waals surface area (Å²) >= 11 is 2.88. The number of hydrogen-bond donors (Lipinski definition) is 0. The highest BCUT2D eigenvalue weighted by Crippen LogP contribution is 2.29.